The molecule has 0 bridgehead atoms. The van der Waals surface area contributed by atoms with Crippen molar-refractivity contribution >= 4 is 42.6 Å². The van der Waals surface area contributed by atoms with E-state index in [4.69, 9.17) is 4.74 Å². The molecule has 0 amide bonds. The topological polar surface area (TPSA) is 59.0 Å². The van der Waals surface area contributed by atoms with Crippen LogP contribution in [0, 0.1) is 0 Å². The van der Waals surface area contributed by atoms with E-state index in [0.29, 0.717) is 35.6 Å². The Morgan fingerprint density at radius 2 is 1.89 bits per heavy atom. The molecule has 0 N–H and O–H groups in total. The second kappa shape index (κ2) is 7.56. The first-order chi connectivity index (χ1) is 13.5. The summed E-state index contributed by atoms with van der Waals surface area (Å²) in [5.41, 5.74) is 1.06. The van der Waals surface area contributed by atoms with Crippen molar-refractivity contribution in [2.75, 3.05) is 20.2 Å². The van der Waals surface area contributed by atoms with Crippen LogP contribution in [0.3, 0.4) is 0 Å². The summed E-state index contributed by atoms with van der Waals surface area (Å²) < 4.78 is 34.1. The Morgan fingerprint density at radius 1 is 1.11 bits per heavy atom. The molecular weight excluding hydrogens is 440 g/mol. The highest BCUT2D eigenvalue weighted by atomic mass is 79.9. The van der Waals surface area contributed by atoms with E-state index in [2.05, 4.69) is 39.1 Å². The van der Waals surface area contributed by atoms with Gasteiger partial charge >= 0.3 is 0 Å². The molecule has 0 atom stereocenters. The molecule has 0 spiro atoms. The van der Waals surface area contributed by atoms with Gasteiger partial charge in [0.15, 0.2) is 0 Å². The minimum Gasteiger partial charge on any atom is -0.495 e. The Balaban J connectivity index is 1.71. The number of fused-ring (bicyclic) bond motifs is 1. The van der Waals surface area contributed by atoms with Crippen LogP contribution in [-0.2, 0) is 16.4 Å². The third kappa shape index (κ3) is 3.40. The molecule has 0 radical (unpaired) electrons. The molecule has 0 fully saturated rings. The summed E-state index contributed by atoms with van der Waals surface area (Å²) in [5.74, 6) is 0.873. The van der Waals surface area contributed by atoms with Gasteiger partial charge in [0.1, 0.15) is 16.5 Å². The predicted molar refractivity (Wildman–Crippen MR) is 115 cm³/mol. The summed E-state index contributed by atoms with van der Waals surface area (Å²) in [6, 6.07) is 19.1. The zero-order chi connectivity index (χ0) is 19.7. The van der Waals surface area contributed by atoms with Gasteiger partial charge in [0, 0.05) is 10.9 Å². The largest absolute Gasteiger partial charge is 0.495 e. The number of ether oxygens (including phenoxy) is 1. The molecule has 3 aromatic rings. The van der Waals surface area contributed by atoms with Crippen molar-refractivity contribution in [2.24, 2.45) is 4.99 Å². The van der Waals surface area contributed by atoms with Crippen LogP contribution < -0.4 is 4.74 Å². The molecule has 1 heterocycles. The van der Waals surface area contributed by atoms with Crippen molar-refractivity contribution in [3.8, 4) is 5.75 Å². The summed E-state index contributed by atoms with van der Waals surface area (Å²) in [4.78, 5) is 4.64. The molecule has 0 unspecified atom stereocenters. The molecule has 1 aliphatic heterocycles. The molecule has 7 heteroatoms. The van der Waals surface area contributed by atoms with Gasteiger partial charge in [-0.05, 0) is 34.5 Å². The molecule has 0 saturated carbocycles. The third-order valence-corrected chi connectivity index (χ3v) is 7.15. The number of rotatable bonds is 5. The van der Waals surface area contributed by atoms with E-state index in [1.165, 1.54) is 11.4 Å². The first-order valence-corrected chi connectivity index (χ1v) is 11.1. The average molecular weight is 459 g/mol. The number of sulfonamides is 1. The minimum atomic E-state index is -3.78. The number of methoxy groups -OCH3 is 1. The van der Waals surface area contributed by atoms with E-state index < -0.39 is 10.0 Å². The molecule has 28 heavy (non-hydrogen) atoms. The van der Waals surface area contributed by atoms with Crippen LogP contribution in [-0.4, -0.2) is 38.8 Å². The van der Waals surface area contributed by atoms with Gasteiger partial charge in [-0.25, -0.2) is 8.42 Å². The second-order valence-electron chi connectivity index (χ2n) is 6.49. The molecular formula is C21H19BrN2O3S. The van der Waals surface area contributed by atoms with Gasteiger partial charge < -0.3 is 4.74 Å². The van der Waals surface area contributed by atoms with Crippen LogP contribution in [0.15, 0.2) is 75.0 Å². The molecule has 0 aromatic heterocycles. The van der Waals surface area contributed by atoms with Gasteiger partial charge in [-0.15, -0.1) is 0 Å². The molecule has 0 aliphatic carbocycles. The van der Waals surface area contributed by atoms with Gasteiger partial charge in [-0.2, -0.15) is 0 Å². The van der Waals surface area contributed by atoms with Gasteiger partial charge in [-0.3, -0.25) is 9.30 Å². The zero-order valence-electron chi connectivity index (χ0n) is 15.3. The molecule has 5 nitrogen and oxygen atoms in total. The average Bonchev–Trinajstić information content (AvgIpc) is 3.17. The van der Waals surface area contributed by atoms with Gasteiger partial charge in [0.25, 0.3) is 10.0 Å². The Bertz CT molecular complexity index is 1170. The maximum Gasteiger partial charge on any atom is 0.269 e. The van der Waals surface area contributed by atoms with Crippen LogP contribution in [0.1, 0.15) is 5.56 Å². The second-order valence-corrected chi connectivity index (χ2v) is 9.23. The standard InChI is InChI=1S/C21H19BrN2O3S/c1-27-19-10-9-17(22)14-20(19)28(25,26)24-12-11-23-21(24)13-16-7-4-6-15-5-2-3-8-18(15)16/h2-10,14H,11-13H2,1H3. The van der Waals surface area contributed by atoms with Crippen LogP contribution in [0.25, 0.3) is 10.8 Å². The number of hydrogen-bond acceptors (Lipinski definition) is 4. The van der Waals surface area contributed by atoms with Crippen molar-refractivity contribution in [2.45, 2.75) is 11.3 Å². The molecule has 144 valence electrons. The summed E-state index contributed by atoms with van der Waals surface area (Å²) in [5, 5.41) is 2.23. The molecule has 0 saturated heterocycles. The lowest BCUT2D eigenvalue weighted by Gasteiger charge is -2.22. The molecule has 1 aliphatic rings. The van der Waals surface area contributed by atoms with Gasteiger partial charge in [0.05, 0.1) is 20.2 Å². The Morgan fingerprint density at radius 3 is 2.71 bits per heavy atom. The lowest BCUT2D eigenvalue weighted by atomic mass is 10.0. The number of hydrogen-bond donors (Lipinski definition) is 0. The first-order valence-electron chi connectivity index (χ1n) is 8.87. The van der Waals surface area contributed by atoms with Crippen LogP contribution in [0.5, 0.6) is 5.75 Å². The van der Waals surface area contributed by atoms with Crippen molar-refractivity contribution in [1.82, 2.24) is 4.31 Å². The normalized spacial score (nSPS) is 14.4. The van der Waals surface area contributed by atoms with Crippen LogP contribution >= 0.6 is 15.9 Å². The monoisotopic (exact) mass is 458 g/mol. The smallest absolute Gasteiger partial charge is 0.269 e. The van der Waals surface area contributed by atoms with E-state index in [-0.39, 0.29) is 4.90 Å². The zero-order valence-corrected chi connectivity index (χ0v) is 17.7. The SMILES string of the molecule is COc1ccc(Br)cc1S(=O)(=O)N1CCN=C1Cc1cccc2ccccc12. The fourth-order valence-corrected chi connectivity index (χ4v) is 5.62. The fourth-order valence-electron chi connectivity index (χ4n) is 3.47. The fraction of sp³-hybridized carbons (Fsp3) is 0.190. The van der Waals surface area contributed by atoms with Gasteiger partial charge in [-0.1, -0.05) is 58.4 Å². The van der Waals surface area contributed by atoms with E-state index in [9.17, 15) is 8.42 Å². The van der Waals surface area contributed by atoms with Crippen molar-refractivity contribution < 1.29 is 13.2 Å². The number of benzene rings is 3. The highest BCUT2D eigenvalue weighted by Crippen LogP contribution is 2.31. The third-order valence-electron chi connectivity index (χ3n) is 4.81. The van der Waals surface area contributed by atoms with Gasteiger partial charge in [0.2, 0.25) is 0 Å². The summed E-state index contributed by atoms with van der Waals surface area (Å²) in [7, 11) is -2.31. The van der Waals surface area contributed by atoms with Crippen LogP contribution in [0.2, 0.25) is 0 Å². The highest BCUT2D eigenvalue weighted by Gasteiger charge is 2.33. The molecule has 3 aromatic carbocycles. The van der Waals surface area contributed by atoms with Crippen molar-refractivity contribution in [3.05, 3.63) is 70.7 Å². The van der Waals surface area contributed by atoms with Crippen molar-refractivity contribution in [3.63, 3.8) is 0 Å². The van der Waals surface area contributed by atoms with E-state index in [0.717, 1.165) is 16.3 Å². The summed E-state index contributed by atoms with van der Waals surface area (Å²) >= 11 is 3.35. The quantitative estimate of drug-likeness (QED) is 0.573. The number of aliphatic imine (C=N–C) groups is 1. The minimum absolute atomic E-state index is 0.136. The van der Waals surface area contributed by atoms with E-state index in [1.54, 1.807) is 18.2 Å². The first kappa shape index (κ1) is 19.0. The maximum absolute atomic E-state index is 13.4. The van der Waals surface area contributed by atoms with E-state index >= 15 is 0 Å². The van der Waals surface area contributed by atoms with Crippen molar-refractivity contribution in [1.29, 1.82) is 0 Å². The Hall–Kier alpha value is -2.38. The van der Waals surface area contributed by atoms with E-state index in [1.807, 2.05) is 24.3 Å². The Labute approximate surface area is 172 Å². The number of nitrogens with zero attached hydrogens (tertiary/aromatic N) is 2. The lowest BCUT2D eigenvalue weighted by molar-refractivity contribution is 0.401. The highest BCUT2D eigenvalue weighted by molar-refractivity contribution is 9.10. The summed E-state index contributed by atoms with van der Waals surface area (Å²) in [6.07, 6.45) is 0.455. The number of halogens is 1. The maximum atomic E-state index is 13.4. The van der Waals surface area contributed by atoms with Crippen LogP contribution in [0.4, 0.5) is 0 Å². The predicted octanol–water partition coefficient (Wildman–Crippen LogP) is 4.26. The summed E-state index contributed by atoms with van der Waals surface area (Å²) in [6.45, 7) is 0.785. The lowest BCUT2D eigenvalue weighted by Crippen LogP contribution is -2.35. The number of amidine groups is 1. The Kier molecular flexibility index (Phi) is 5.12. The molecule has 4 rings (SSSR count).